The predicted molar refractivity (Wildman–Crippen MR) is 83.3 cm³/mol. The lowest BCUT2D eigenvalue weighted by molar-refractivity contribution is 0.0783. The number of rotatable bonds is 3. The molecule has 0 saturated carbocycles. The van der Waals surface area contributed by atoms with Crippen LogP contribution < -0.4 is 0 Å². The first-order valence-electron chi connectivity index (χ1n) is 6.13. The molecule has 21 heavy (non-hydrogen) atoms. The zero-order valence-electron chi connectivity index (χ0n) is 11.3. The van der Waals surface area contributed by atoms with Crippen LogP contribution in [0.25, 0.3) is 0 Å². The fraction of sp³-hybridized carbons (Fsp3) is 0.200. The van der Waals surface area contributed by atoms with Gasteiger partial charge in [0.15, 0.2) is 0 Å². The van der Waals surface area contributed by atoms with Crippen molar-refractivity contribution in [3.05, 3.63) is 50.9 Å². The summed E-state index contributed by atoms with van der Waals surface area (Å²) in [7, 11) is 1.72. The predicted octanol–water partition coefficient (Wildman–Crippen LogP) is 2.41. The zero-order valence-corrected chi connectivity index (χ0v) is 12.9. The number of halogens is 1. The van der Waals surface area contributed by atoms with E-state index in [2.05, 4.69) is 16.8 Å². The summed E-state index contributed by atoms with van der Waals surface area (Å²) in [4.78, 5) is 18.1. The van der Waals surface area contributed by atoms with E-state index >= 15 is 0 Å². The zero-order chi connectivity index (χ0) is 15.2. The lowest BCUT2D eigenvalue weighted by Crippen LogP contribution is -2.26. The maximum Gasteiger partial charge on any atom is 0.254 e. The van der Waals surface area contributed by atoms with Crippen LogP contribution in [0.1, 0.15) is 21.6 Å². The monoisotopic (exact) mass is 320 g/mol. The summed E-state index contributed by atoms with van der Waals surface area (Å²) in [6, 6.07) is 4.94. The number of aromatic nitrogens is 1. The van der Waals surface area contributed by atoms with Gasteiger partial charge in [-0.05, 0) is 18.2 Å². The Morgan fingerprint density at radius 3 is 2.95 bits per heavy atom. The van der Waals surface area contributed by atoms with Crippen LogP contribution in [-0.4, -0.2) is 34.6 Å². The Balaban J connectivity index is 2.14. The second-order valence-electron chi connectivity index (χ2n) is 4.30. The summed E-state index contributed by atoms with van der Waals surface area (Å²) < 4.78 is 0. The van der Waals surface area contributed by atoms with Gasteiger partial charge in [0.1, 0.15) is 6.61 Å². The topological polar surface area (TPSA) is 53.4 Å². The number of carbonyl (C=O) groups is 1. The van der Waals surface area contributed by atoms with Crippen LogP contribution in [0.15, 0.2) is 29.1 Å². The molecule has 2 rings (SSSR count). The molecule has 0 saturated heterocycles. The number of thiazole rings is 1. The number of hydrogen-bond acceptors (Lipinski definition) is 4. The first kappa shape index (κ1) is 15.5. The van der Waals surface area contributed by atoms with E-state index in [4.69, 9.17) is 16.7 Å². The van der Waals surface area contributed by atoms with Crippen molar-refractivity contribution in [2.24, 2.45) is 0 Å². The number of benzene rings is 1. The fourth-order valence-corrected chi connectivity index (χ4v) is 2.51. The van der Waals surface area contributed by atoms with Gasteiger partial charge in [-0.1, -0.05) is 23.4 Å². The SMILES string of the molecule is CN(Cc1cscn1)C(=O)c1ccc(C#CCO)c(Cl)c1. The average Bonchev–Trinajstić information content (AvgIpc) is 2.98. The quantitative estimate of drug-likeness (QED) is 0.884. The second-order valence-corrected chi connectivity index (χ2v) is 5.42. The van der Waals surface area contributed by atoms with E-state index in [0.717, 1.165) is 5.69 Å². The molecule has 1 aromatic carbocycles. The van der Waals surface area contributed by atoms with Crippen molar-refractivity contribution >= 4 is 28.8 Å². The van der Waals surface area contributed by atoms with Gasteiger partial charge in [0, 0.05) is 23.6 Å². The summed E-state index contributed by atoms with van der Waals surface area (Å²) in [5, 5.41) is 11.0. The molecule has 0 radical (unpaired) electrons. The van der Waals surface area contributed by atoms with Gasteiger partial charge in [0.2, 0.25) is 0 Å². The van der Waals surface area contributed by atoms with Crippen LogP contribution in [0, 0.1) is 11.8 Å². The Bertz CT molecular complexity index is 689. The Kier molecular flexibility index (Phi) is 5.34. The minimum absolute atomic E-state index is 0.133. The molecule has 108 valence electrons. The van der Waals surface area contributed by atoms with Crippen molar-refractivity contribution in [3.63, 3.8) is 0 Å². The lowest BCUT2D eigenvalue weighted by atomic mass is 10.1. The second kappa shape index (κ2) is 7.23. The van der Waals surface area contributed by atoms with Crippen LogP contribution >= 0.6 is 22.9 Å². The summed E-state index contributed by atoms with van der Waals surface area (Å²) in [6.07, 6.45) is 0. The number of carbonyl (C=O) groups excluding carboxylic acids is 1. The molecule has 0 unspecified atom stereocenters. The average molecular weight is 321 g/mol. The molecule has 6 heteroatoms. The Morgan fingerprint density at radius 1 is 1.52 bits per heavy atom. The molecule has 0 aliphatic heterocycles. The number of nitrogens with zero attached hydrogens (tertiary/aromatic N) is 2. The molecule has 0 aliphatic carbocycles. The highest BCUT2D eigenvalue weighted by atomic mass is 35.5. The molecule has 0 spiro atoms. The van der Waals surface area contributed by atoms with Gasteiger partial charge in [-0.2, -0.15) is 0 Å². The summed E-state index contributed by atoms with van der Waals surface area (Å²) >= 11 is 7.59. The highest BCUT2D eigenvalue weighted by molar-refractivity contribution is 7.07. The van der Waals surface area contributed by atoms with E-state index in [1.807, 2.05) is 5.38 Å². The molecule has 1 heterocycles. The van der Waals surface area contributed by atoms with E-state index in [1.165, 1.54) is 11.3 Å². The van der Waals surface area contributed by atoms with Crippen molar-refractivity contribution in [2.75, 3.05) is 13.7 Å². The van der Waals surface area contributed by atoms with E-state index < -0.39 is 0 Å². The van der Waals surface area contributed by atoms with Gasteiger partial charge in [-0.15, -0.1) is 11.3 Å². The molecule has 0 atom stereocenters. The van der Waals surface area contributed by atoms with Crippen molar-refractivity contribution in [3.8, 4) is 11.8 Å². The van der Waals surface area contributed by atoms with E-state index in [1.54, 1.807) is 35.7 Å². The number of hydrogen-bond donors (Lipinski definition) is 1. The van der Waals surface area contributed by atoms with Crippen LogP contribution in [0.5, 0.6) is 0 Å². The molecule has 2 aromatic rings. The molecule has 0 aliphatic rings. The fourth-order valence-electron chi connectivity index (χ4n) is 1.74. The van der Waals surface area contributed by atoms with Gasteiger partial charge in [-0.25, -0.2) is 4.98 Å². The molecule has 0 fully saturated rings. The minimum Gasteiger partial charge on any atom is -0.384 e. The number of amides is 1. The largest absolute Gasteiger partial charge is 0.384 e. The van der Waals surface area contributed by atoms with Crippen LogP contribution in [-0.2, 0) is 6.54 Å². The number of aliphatic hydroxyl groups excluding tert-OH is 1. The highest BCUT2D eigenvalue weighted by Gasteiger charge is 2.14. The van der Waals surface area contributed by atoms with E-state index in [0.29, 0.717) is 22.7 Å². The third-order valence-electron chi connectivity index (χ3n) is 2.75. The summed E-state index contributed by atoms with van der Waals surface area (Å²) in [5.74, 6) is 5.12. The molecule has 4 nitrogen and oxygen atoms in total. The highest BCUT2D eigenvalue weighted by Crippen LogP contribution is 2.18. The van der Waals surface area contributed by atoms with Crippen molar-refractivity contribution < 1.29 is 9.90 Å². The van der Waals surface area contributed by atoms with Gasteiger partial charge in [0.25, 0.3) is 5.91 Å². The van der Waals surface area contributed by atoms with Gasteiger partial charge in [-0.3, -0.25) is 4.79 Å². The van der Waals surface area contributed by atoms with Crippen molar-refractivity contribution in [1.82, 2.24) is 9.88 Å². The summed E-state index contributed by atoms with van der Waals surface area (Å²) in [6.45, 7) is 0.222. The molecular weight excluding hydrogens is 308 g/mol. The first-order chi connectivity index (χ1) is 10.1. The first-order valence-corrected chi connectivity index (χ1v) is 7.45. The van der Waals surface area contributed by atoms with E-state index in [-0.39, 0.29) is 12.5 Å². The summed E-state index contributed by atoms with van der Waals surface area (Å²) in [5.41, 5.74) is 3.67. The smallest absolute Gasteiger partial charge is 0.254 e. The van der Waals surface area contributed by atoms with Crippen molar-refractivity contribution in [1.29, 1.82) is 0 Å². The maximum atomic E-state index is 12.3. The van der Waals surface area contributed by atoms with Crippen molar-refractivity contribution in [2.45, 2.75) is 6.54 Å². The van der Waals surface area contributed by atoms with E-state index in [9.17, 15) is 4.79 Å². The molecule has 1 aromatic heterocycles. The normalized spacial score (nSPS) is 9.86. The van der Waals surface area contributed by atoms with Crippen LogP contribution in [0.3, 0.4) is 0 Å². The Labute approximate surface area is 132 Å². The van der Waals surface area contributed by atoms with Gasteiger partial charge in [0.05, 0.1) is 22.8 Å². The maximum absolute atomic E-state index is 12.3. The van der Waals surface area contributed by atoms with Crippen LogP contribution in [0.2, 0.25) is 5.02 Å². The van der Waals surface area contributed by atoms with Gasteiger partial charge >= 0.3 is 0 Å². The van der Waals surface area contributed by atoms with Gasteiger partial charge < -0.3 is 10.0 Å². The molecule has 1 N–H and O–H groups in total. The number of aliphatic hydroxyl groups is 1. The molecule has 1 amide bonds. The molecule has 0 bridgehead atoms. The lowest BCUT2D eigenvalue weighted by Gasteiger charge is -2.16. The third kappa shape index (κ3) is 4.05. The molecular formula is C15H13ClN2O2S. The Hall–Kier alpha value is -1.87. The minimum atomic E-state index is -0.229. The standard InChI is InChI=1S/C15H13ClN2O2S/c1-18(8-13-9-21-10-17-13)15(20)12-5-4-11(3-2-6-19)14(16)7-12/h4-5,7,9-10,19H,6,8H2,1H3. The van der Waals surface area contributed by atoms with Crippen LogP contribution in [0.4, 0.5) is 0 Å². The Morgan fingerprint density at radius 2 is 2.33 bits per heavy atom. The third-order valence-corrected chi connectivity index (χ3v) is 3.70.